The SMILES string of the molecule is CCCN(Cc1ccc(C#N)cc1)C(=O)/C=C/c1c(Cl)nc2sccn12. The number of halogens is 1. The Morgan fingerprint density at radius 2 is 2.19 bits per heavy atom. The standard InChI is InChI=1S/C19H17ClN4OS/c1-2-9-23(13-15-5-3-14(12-21)4-6-15)17(25)8-7-16-18(20)22-19-24(16)10-11-26-19/h3-8,10-11H,2,9,13H2,1H3/b8-7+. The molecule has 0 aliphatic carbocycles. The van der Waals surface area contributed by atoms with Crippen LogP contribution in [0.2, 0.25) is 5.15 Å². The first-order chi connectivity index (χ1) is 12.6. The van der Waals surface area contributed by atoms with Crippen LogP contribution in [0.4, 0.5) is 0 Å². The van der Waals surface area contributed by atoms with Crippen LogP contribution in [0.1, 0.15) is 30.2 Å². The highest BCUT2D eigenvalue weighted by atomic mass is 35.5. The van der Waals surface area contributed by atoms with Crippen molar-refractivity contribution < 1.29 is 4.79 Å². The number of hydrogen-bond acceptors (Lipinski definition) is 4. The number of thiazole rings is 1. The minimum atomic E-state index is -0.0857. The van der Waals surface area contributed by atoms with Gasteiger partial charge >= 0.3 is 0 Å². The maximum atomic E-state index is 12.7. The second kappa shape index (κ2) is 8.17. The van der Waals surface area contributed by atoms with E-state index in [0.717, 1.165) is 16.9 Å². The minimum absolute atomic E-state index is 0.0857. The highest BCUT2D eigenvalue weighted by molar-refractivity contribution is 7.15. The molecule has 0 saturated carbocycles. The van der Waals surface area contributed by atoms with Gasteiger partial charge in [-0.1, -0.05) is 30.7 Å². The summed E-state index contributed by atoms with van der Waals surface area (Å²) in [5, 5.41) is 11.2. The van der Waals surface area contributed by atoms with Crippen LogP contribution in [0.3, 0.4) is 0 Å². The van der Waals surface area contributed by atoms with Crippen LogP contribution in [0, 0.1) is 11.3 Å². The van der Waals surface area contributed by atoms with Crippen molar-refractivity contribution in [2.24, 2.45) is 0 Å². The van der Waals surface area contributed by atoms with Gasteiger partial charge in [0.2, 0.25) is 5.91 Å². The maximum Gasteiger partial charge on any atom is 0.246 e. The van der Waals surface area contributed by atoms with Crippen molar-refractivity contribution in [3.05, 3.63) is 63.9 Å². The van der Waals surface area contributed by atoms with Gasteiger partial charge in [-0.05, 0) is 30.2 Å². The number of rotatable bonds is 6. The van der Waals surface area contributed by atoms with Crippen LogP contribution in [-0.2, 0) is 11.3 Å². The molecule has 0 atom stereocenters. The molecule has 0 spiro atoms. The van der Waals surface area contributed by atoms with Crippen LogP contribution in [-0.4, -0.2) is 26.7 Å². The van der Waals surface area contributed by atoms with Crippen molar-refractivity contribution in [1.29, 1.82) is 5.26 Å². The summed E-state index contributed by atoms with van der Waals surface area (Å²) in [4.78, 5) is 19.5. The Labute approximate surface area is 160 Å². The molecule has 0 unspecified atom stereocenters. The van der Waals surface area contributed by atoms with Crippen molar-refractivity contribution in [3.63, 3.8) is 0 Å². The molecule has 1 amide bonds. The summed E-state index contributed by atoms with van der Waals surface area (Å²) in [7, 11) is 0. The number of amides is 1. The summed E-state index contributed by atoms with van der Waals surface area (Å²) in [6.45, 7) is 3.18. The normalized spacial score (nSPS) is 11.1. The molecule has 1 aromatic carbocycles. The molecular formula is C19H17ClN4OS. The molecule has 2 heterocycles. The maximum absolute atomic E-state index is 12.7. The highest BCUT2D eigenvalue weighted by Crippen LogP contribution is 2.22. The lowest BCUT2D eigenvalue weighted by atomic mass is 10.1. The summed E-state index contributed by atoms with van der Waals surface area (Å²) >= 11 is 7.65. The number of benzene rings is 1. The Morgan fingerprint density at radius 1 is 1.42 bits per heavy atom. The second-order valence-electron chi connectivity index (χ2n) is 5.75. The topological polar surface area (TPSA) is 61.4 Å². The van der Waals surface area contributed by atoms with Gasteiger partial charge < -0.3 is 4.90 Å². The third-order valence-electron chi connectivity index (χ3n) is 3.90. The van der Waals surface area contributed by atoms with Crippen molar-refractivity contribution >= 4 is 39.9 Å². The molecule has 2 aromatic heterocycles. The Hall–Kier alpha value is -2.62. The zero-order chi connectivity index (χ0) is 18.5. The molecule has 5 nitrogen and oxygen atoms in total. The molecule has 0 fully saturated rings. The summed E-state index contributed by atoms with van der Waals surface area (Å²) in [6, 6.07) is 9.38. The lowest BCUT2D eigenvalue weighted by Gasteiger charge is -2.20. The largest absolute Gasteiger partial charge is 0.335 e. The van der Waals surface area contributed by atoms with E-state index in [-0.39, 0.29) is 5.91 Å². The van der Waals surface area contributed by atoms with Crippen molar-refractivity contribution in [2.75, 3.05) is 6.54 Å². The number of carbonyl (C=O) groups is 1. The fourth-order valence-electron chi connectivity index (χ4n) is 2.62. The van der Waals surface area contributed by atoms with Gasteiger partial charge in [-0.15, -0.1) is 11.3 Å². The summed E-state index contributed by atoms with van der Waals surface area (Å²) in [5.74, 6) is -0.0857. The van der Waals surface area contributed by atoms with E-state index < -0.39 is 0 Å². The highest BCUT2D eigenvalue weighted by Gasteiger charge is 2.13. The van der Waals surface area contributed by atoms with Gasteiger partial charge in [0.05, 0.1) is 17.3 Å². The van der Waals surface area contributed by atoms with Crippen molar-refractivity contribution in [3.8, 4) is 6.07 Å². The predicted molar refractivity (Wildman–Crippen MR) is 104 cm³/mol. The molecule has 0 aliphatic rings. The molecule has 132 valence electrons. The minimum Gasteiger partial charge on any atom is -0.335 e. The Balaban J connectivity index is 1.76. The molecule has 26 heavy (non-hydrogen) atoms. The number of fused-ring (bicyclic) bond motifs is 1. The van der Waals surface area contributed by atoms with E-state index in [1.165, 1.54) is 17.4 Å². The van der Waals surface area contributed by atoms with Crippen LogP contribution in [0.25, 0.3) is 11.0 Å². The third-order valence-corrected chi connectivity index (χ3v) is 4.93. The van der Waals surface area contributed by atoms with Crippen LogP contribution < -0.4 is 0 Å². The summed E-state index contributed by atoms with van der Waals surface area (Å²) < 4.78 is 1.86. The zero-order valence-corrected chi connectivity index (χ0v) is 15.8. The van der Waals surface area contributed by atoms with E-state index >= 15 is 0 Å². The second-order valence-corrected chi connectivity index (χ2v) is 6.98. The van der Waals surface area contributed by atoms with Gasteiger partial charge in [0.1, 0.15) is 0 Å². The first-order valence-corrected chi connectivity index (χ1v) is 9.45. The van der Waals surface area contributed by atoms with Gasteiger partial charge in [-0.3, -0.25) is 9.20 Å². The summed E-state index contributed by atoms with van der Waals surface area (Å²) in [5.41, 5.74) is 2.30. The van der Waals surface area contributed by atoms with E-state index in [0.29, 0.717) is 29.5 Å². The first kappa shape index (κ1) is 18.2. The number of nitriles is 1. The summed E-state index contributed by atoms with van der Waals surface area (Å²) in [6.07, 6.45) is 5.98. The van der Waals surface area contributed by atoms with Crippen molar-refractivity contribution in [2.45, 2.75) is 19.9 Å². The lowest BCUT2D eigenvalue weighted by Crippen LogP contribution is -2.29. The molecule has 3 rings (SSSR count). The zero-order valence-electron chi connectivity index (χ0n) is 14.2. The van der Waals surface area contributed by atoms with Gasteiger partial charge in [-0.2, -0.15) is 5.26 Å². The van der Waals surface area contributed by atoms with Gasteiger partial charge in [0.15, 0.2) is 10.1 Å². The van der Waals surface area contributed by atoms with Crippen molar-refractivity contribution in [1.82, 2.24) is 14.3 Å². The van der Waals surface area contributed by atoms with E-state index in [1.807, 2.05) is 35.0 Å². The predicted octanol–water partition coefficient (Wildman–Crippen LogP) is 4.37. The molecule has 3 aromatic rings. The lowest BCUT2D eigenvalue weighted by molar-refractivity contribution is -0.126. The fraction of sp³-hybridized carbons (Fsp3) is 0.211. The average Bonchev–Trinajstić information content (AvgIpc) is 3.20. The number of carbonyl (C=O) groups excluding carboxylic acids is 1. The molecular weight excluding hydrogens is 368 g/mol. The Morgan fingerprint density at radius 3 is 2.88 bits per heavy atom. The first-order valence-electron chi connectivity index (χ1n) is 8.19. The number of imidazole rings is 1. The number of nitrogens with zero attached hydrogens (tertiary/aromatic N) is 4. The Bertz CT molecular complexity index is 981. The fourth-order valence-corrected chi connectivity index (χ4v) is 3.63. The molecule has 0 aliphatic heterocycles. The molecule has 0 N–H and O–H groups in total. The van der Waals surface area contributed by atoms with Crippen LogP contribution >= 0.6 is 22.9 Å². The molecule has 0 radical (unpaired) electrons. The smallest absolute Gasteiger partial charge is 0.246 e. The van der Waals surface area contributed by atoms with Gasteiger partial charge in [-0.25, -0.2) is 4.98 Å². The third kappa shape index (κ3) is 3.96. The van der Waals surface area contributed by atoms with Gasteiger partial charge in [0, 0.05) is 30.7 Å². The number of aromatic nitrogens is 2. The van der Waals surface area contributed by atoms with E-state index in [1.54, 1.807) is 23.1 Å². The quantitative estimate of drug-likeness (QED) is 0.593. The van der Waals surface area contributed by atoms with Gasteiger partial charge in [0.25, 0.3) is 0 Å². The Kier molecular flexibility index (Phi) is 5.71. The molecule has 0 saturated heterocycles. The van der Waals surface area contributed by atoms with Crippen LogP contribution in [0.5, 0.6) is 0 Å². The van der Waals surface area contributed by atoms with E-state index in [4.69, 9.17) is 16.9 Å². The monoisotopic (exact) mass is 384 g/mol. The molecule has 0 bridgehead atoms. The number of hydrogen-bond donors (Lipinski definition) is 0. The van der Waals surface area contributed by atoms with Crippen LogP contribution in [0.15, 0.2) is 41.9 Å². The average molecular weight is 385 g/mol. The van der Waals surface area contributed by atoms with E-state index in [9.17, 15) is 4.79 Å². The molecule has 7 heteroatoms. The van der Waals surface area contributed by atoms with E-state index in [2.05, 4.69) is 11.1 Å².